The molecule has 0 fully saturated rings. The Kier molecular flexibility index (Phi) is 10.0. The standard InChI is InChI=1S/C50H41N3S/c1-35-23-25-37(26-24-35)39-27-28-40-32-41-17-9-3-6-14-36(2)54-49(41)22-13-31-52-47-20-12-21-48(50(47)45(40)33-39)53(42-18-10-5-11-19-42)43-29-30-46(51)44(34-43)38-15-7-4-8-16-38/h3-16,18-34,52H,2,17,51H2,1H3/b9-3-,14-6-,31-13+,41-32-,49-22+. The molecule has 3 N–H and O–H groups in total. The molecule has 262 valence electrons. The summed E-state index contributed by atoms with van der Waals surface area (Å²) in [4.78, 5) is 4.51. The molecule has 2 aliphatic heterocycles. The van der Waals surface area contributed by atoms with Crippen LogP contribution in [-0.2, 0) is 0 Å². The number of rotatable bonds is 5. The lowest BCUT2D eigenvalue weighted by Crippen LogP contribution is -2.12. The molecule has 0 spiro atoms. The van der Waals surface area contributed by atoms with E-state index >= 15 is 0 Å². The van der Waals surface area contributed by atoms with Crippen molar-refractivity contribution in [3.05, 3.63) is 215 Å². The highest BCUT2D eigenvalue weighted by atomic mass is 32.2. The Morgan fingerprint density at radius 3 is 2.28 bits per heavy atom. The Hall–Kier alpha value is -6.49. The van der Waals surface area contributed by atoms with Crippen molar-refractivity contribution >= 4 is 46.3 Å². The van der Waals surface area contributed by atoms with E-state index in [1.54, 1.807) is 11.8 Å². The molecule has 0 unspecified atom stereocenters. The third kappa shape index (κ3) is 7.38. The minimum absolute atomic E-state index is 0.736. The first-order chi connectivity index (χ1) is 26.5. The van der Waals surface area contributed by atoms with E-state index in [1.807, 2.05) is 18.3 Å². The summed E-state index contributed by atoms with van der Waals surface area (Å²) in [6.45, 7) is 6.46. The first-order valence-electron chi connectivity index (χ1n) is 18.2. The highest BCUT2D eigenvalue weighted by Crippen LogP contribution is 2.48. The molecule has 6 aromatic carbocycles. The van der Waals surface area contributed by atoms with Crippen LogP contribution in [0.3, 0.4) is 0 Å². The van der Waals surface area contributed by atoms with Crippen LogP contribution < -0.4 is 16.0 Å². The van der Waals surface area contributed by atoms with E-state index in [1.165, 1.54) is 16.7 Å². The highest BCUT2D eigenvalue weighted by Gasteiger charge is 2.23. The van der Waals surface area contributed by atoms with Gasteiger partial charge in [0.05, 0.1) is 5.69 Å². The zero-order valence-electron chi connectivity index (χ0n) is 30.2. The van der Waals surface area contributed by atoms with Crippen LogP contribution in [-0.4, -0.2) is 0 Å². The minimum atomic E-state index is 0.736. The Bertz CT molecular complexity index is 2490. The Morgan fingerprint density at radius 2 is 1.46 bits per heavy atom. The highest BCUT2D eigenvalue weighted by molar-refractivity contribution is 8.07. The smallest absolute Gasteiger partial charge is 0.0561 e. The fraction of sp³-hybridized carbons (Fsp3) is 0.0400. The number of benzene rings is 6. The summed E-state index contributed by atoms with van der Waals surface area (Å²) in [5, 5.41) is 3.71. The van der Waals surface area contributed by atoms with Gasteiger partial charge in [-0.3, -0.25) is 0 Å². The van der Waals surface area contributed by atoms with E-state index in [0.717, 1.165) is 78.0 Å². The molecule has 54 heavy (non-hydrogen) atoms. The van der Waals surface area contributed by atoms with E-state index in [-0.39, 0.29) is 0 Å². The van der Waals surface area contributed by atoms with E-state index in [2.05, 4.69) is 194 Å². The molecular formula is C50H41N3S. The summed E-state index contributed by atoms with van der Waals surface area (Å²) in [5.41, 5.74) is 21.7. The van der Waals surface area contributed by atoms with E-state index in [4.69, 9.17) is 5.73 Å². The number of thioether (sulfide) groups is 1. The van der Waals surface area contributed by atoms with Crippen molar-refractivity contribution in [3.63, 3.8) is 0 Å². The number of hydrogen-bond donors (Lipinski definition) is 2. The van der Waals surface area contributed by atoms with E-state index in [9.17, 15) is 0 Å². The molecule has 0 aromatic heterocycles. The average Bonchev–Trinajstić information content (AvgIpc) is 3.26. The van der Waals surface area contributed by atoms with Crippen molar-refractivity contribution in [1.29, 1.82) is 0 Å². The molecule has 0 radical (unpaired) electrons. The molecule has 6 aromatic rings. The van der Waals surface area contributed by atoms with Crippen LogP contribution in [0.15, 0.2) is 204 Å². The van der Waals surface area contributed by atoms with Crippen molar-refractivity contribution < 1.29 is 0 Å². The summed E-state index contributed by atoms with van der Waals surface area (Å²) in [6.07, 6.45) is 17.9. The van der Waals surface area contributed by atoms with Crippen molar-refractivity contribution in [2.75, 3.05) is 16.0 Å². The van der Waals surface area contributed by atoms with Gasteiger partial charge in [0, 0.05) is 49.9 Å². The van der Waals surface area contributed by atoms with Crippen molar-refractivity contribution in [3.8, 4) is 33.4 Å². The van der Waals surface area contributed by atoms with Gasteiger partial charge in [0.15, 0.2) is 0 Å². The van der Waals surface area contributed by atoms with Crippen LogP contribution in [0.25, 0.3) is 39.5 Å². The zero-order valence-corrected chi connectivity index (χ0v) is 31.1. The molecule has 8 rings (SSSR count). The van der Waals surface area contributed by atoms with Crippen LogP contribution in [0.4, 0.5) is 28.4 Å². The normalized spacial score (nSPS) is 17.5. The second kappa shape index (κ2) is 15.6. The summed E-state index contributed by atoms with van der Waals surface area (Å²) in [5.74, 6) is 0. The minimum Gasteiger partial charge on any atom is -0.398 e. The summed E-state index contributed by atoms with van der Waals surface area (Å²) < 4.78 is 0. The van der Waals surface area contributed by atoms with Gasteiger partial charge >= 0.3 is 0 Å². The van der Waals surface area contributed by atoms with Crippen LogP contribution in [0, 0.1) is 6.92 Å². The van der Waals surface area contributed by atoms with Crippen LogP contribution >= 0.6 is 11.8 Å². The number of fused-ring (bicyclic) bond motifs is 4. The zero-order chi connectivity index (χ0) is 36.9. The number of nitrogens with two attached hydrogens (primary N) is 1. The fourth-order valence-corrected chi connectivity index (χ4v) is 7.87. The van der Waals surface area contributed by atoms with Crippen LogP contribution in [0.2, 0.25) is 0 Å². The molecule has 2 heterocycles. The SMILES string of the molecule is C=C1/C=C\C=C/CC2=C/c3ccc(-c4ccc(C)cc4)cc3-c3c(cccc3N(c3ccccc3)c3ccc(N)c(-c4ccccc4)c3)N/C=C/C=C\2S1. The van der Waals surface area contributed by atoms with E-state index in [0.29, 0.717) is 0 Å². The van der Waals surface area contributed by atoms with Gasteiger partial charge in [-0.25, -0.2) is 0 Å². The largest absolute Gasteiger partial charge is 0.398 e. The molecular weight excluding hydrogens is 675 g/mol. The number of nitrogens with one attached hydrogen (secondary N) is 1. The lowest BCUT2D eigenvalue weighted by molar-refractivity contribution is 1.28. The number of aryl methyl sites for hydroxylation is 1. The first-order valence-corrected chi connectivity index (χ1v) is 19.0. The lowest BCUT2D eigenvalue weighted by atomic mass is 9.90. The van der Waals surface area contributed by atoms with Gasteiger partial charge < -0.3 is 16.0 Å². The summed E-state index contributed by atoms with van der Waals surface area (Å²) in [6, 6.07) is 49.5. The molecule has 0 saturated heterocycles. The van der Waals surface area contributed by atoms with Crippen LogP contribution in [0.1, 0.15) is 17.5 Å². The molecule has 2 aliphatic rings. The number of hydrogen-bond acceptors (Lipinski definition) is 4. The maximum Gasteiger partial charge on any atom is 0.0561 e. The monoisotopic (exact) mass is 715 g/mol. The maximum absolute atomic E-state index is 6.67. The molecule has 0 amide bonds. The molecule has 3 nitrogen and oxygen atoms in total. The second-order valence-electron chi connectivity index (χ2n) is 13.4. The third-order valence-electron chi connectivity index (χ3n) is 9.72. The lowest BCUT2D eigenvalue weighted by Gasteiger charge is -2.30. The summed E-state index contributed by atoms with van der Waals surface area (Å²) >= 11 is 1.70. The Labute approximate surface area is 322 Å². The van der Waals surface area contributed by atoms with Gasteiger partial charge in [0.2, 0.25) is 0 Å². The average molecular weight is 716 g/mol. The fourth-order valence-electron chi connectivity index (χ4n) is 7.02. The molecule has 0 bridgehead atoms. The van der Waals surface area contributed by atoms with Gasteiger partial charge in [0.25, 0.3) is 0 Å². The topological polar surface area (TPSA) is 41.3 Å². The van der Waals surface area contributed by atoms with Crippen molar-refractivity contribution in [2.45, 2.75) is 13.3 Å². The number of nitrogens with zero attached hydrogens (tertiary/aromatic N) is 1. The predicted octanol–water partition coefficient (Wildman–Crippen LogP) is 14.0. The number of nitrogen functional groups attached to an aromatic ring is 1. The van der Waals surface area contributed by atoms with Crippen LogP contribution in [0.5, 0.6) is 0 Å². The second-order valence-corrected chi connectivity index (χ2v) is 14.6. The predicted molar refractivity (Wildman–Crippen MR) is 235 cm³/mol. The number of allylic oxidation sites excluding steroid dienone is 7. The molecule has 0 aliphatic carbocycles. The first kappa shape index (κ1) is 34.6. The van der Waals surface area contributed by atoms with Crippen molar-refractivity contribution in [2.24, 2.45) is 0 Å². The molecule has 0 atom stereocenters. The van der Waals surface area contributed by atoms with Gasteiger partial charge in [-0.1, -0.05) is 133 Å². The molecule has 4 heteroatoms. The molecule has 0 saturated carbocycles. The van der Waals surface area contributed by atoms with Gasteiger partial charge in [0.1, 0.15) is 0 Å². The number of para-hydroxylation sites is 1. The Balaban J connectivity index is 1.41. The third-order valence-corrected chi connectivity index (χ3v) is 10.7. The van der Waals surface area contributed by atoms with E-state index < -0.39 is 0 Å². The van der Waals surface area contributed by atoms with Gasteiger partial charge in [-0.05, 0) is 120 Å². The maximum atomic E-state index is 6.67. The van der Waals surface area contributed by atoms with Gasteiger partial charge in [-0.15, -0.1) is 0 Å². The van der Waals surface area contributed by atoms with Gasteiger partial charge in [-0.2, -0.15) is 0 Å². The quantitative estimate of drug-likeness (QED) is 0.174. The summed E-state index contributed by atoms with van der Waals surface area (Å²) in [7, 11) is 0. The van der Waals surface area contributed by atoms with Crippen molar-refractivity contribution in [1.82, 2.24) is 0 Å². The number of anilines is 5. The Morgan fingerprint density at radius 1 is 0.685 bits per heavy atom.